The van der Waals surface area contributed by atoms with Crippen LogP contribution in [0.5, 0.6) is 5.75 Å². The van der Waals surface area contributed by atoms with Crippen LogP contribution < -0.4 is 15.5 Å². The molecule has 1 atom stereocenters. The number of fused-ring (bicyclic) bond motifs is 1. The minimum absolute atomic E-state index is 0.0374. The molecule has 0 radical (unpaired) electrons. The molecule has 34 heavy (non-hydrogen) atoms. The van der Waals surface area contributed by atoms with Crippen LogP contribution in [0.1, 0.15) is 33.1 Å². The Morgan fingerprint density at radius 1 is 1.06 bits per heavy atom. The first-order valence-electron chi connectivity index (χ1n) is 11.5. The lowest BCUT2D eigenvalue weighted by molar-refractivity contribution is -0.123. The van der Waals surface area contributed by atoms with Crippen molar-refractivity contribution in [3.05, 3.63) is 93.4 Å². The highest BCUT2D eigenvalue weighted by molar-refractivity contribution is 6.88. The molecule has 1 aliphatic heterocycles. The van der Waals surface area contributed by atoms with Gasteiger partial charge in [-0.05, 0) is 41.3 Å². The highest BCUT2D eigenvalue weighted by Crippen LogP contribution is 2.34. The third-order valence-electron chi connectivity index (χ3n) is 6.37. The number of amides is 1. The highest BCUT2D eigenvalue weighted by Gasteiger charge is 2.36. The van der Waals surface area contributed by atoms with Crippen LogP contribution in [0.3, 0.4) is 0 Å². The van der Waals surface area contributed by atoms with Crippen LogP contribution in [-0.2, 0) is 17.6 Å². The molecule has 0 saturated heterocycles. The van der Waals surface area contributed by atoms with E-state index in [4.69, 9.17) is 4.74 Å². The number of nitrogens with one attached hydrogen (secondary N) is 1. The lowest BCUT2D eigenvalue weighted by Crippen LogP contribution is -2.44. The number of nitrogens with zero attached hydrogens (tertiary/aromatic N) is 1. The van der Waals surface area contributed by atoms with Crippen LogP contribution in [-0.4, -0.2) is 43.3 Å². The van der Waals surface area contributed by atoms with Gasteiger partial charge in [0.2, 0.25) is 5.56 Å². The van der Waals surface area contributed by atoms with Gasteiger partial charge in [0, 0.05) is 25.2 Å². The molecule has 6 nitrogen and oxygen atoms in total. The quantitative estimate of drug-likeness (QED) is 0.555. The van der Waals surface area contributed by atoms with Gasteiger partial charge in [0.25, 0.3) is 5.91 Å². The number of aromatic amines is 1. The SMILES string of the molecule is COc1ccc2c(c1)CCN(C(=O)c1ccc(=O)[nH]c1)C2C(=O)Cc1ccc([Si](C)(C)C)cc1. The van der Waals surface area contributed by atoms with Crippen molar-refractivity contribution in [2.75, 3.05) is 13.7 Å². The van der Waals surface area contributed by atoms with Gasteiger partial charge in [-0.2, -0.15) is 0 Å². The third-order valence-corrected chi connectivity index (χ3v) is 8.44. The second-order valence-corrected chi connectivity index (χ2v) is 14.8. The summed E-state index contributed by atoms with van der Waals surface area (Å²) in [6, 6.07) is 16.1. The number of carbonyl (C=O) groups excluding carboxylic acids is 2. The Kier molecular flexibility index (Phi) is 6.57. The van der Waals surface area contributed by atoms with Gasteiger partial charge < -0.3 is 14.6 Å². The number of benzene rings is 2. The van der Waals surface area contributed by atoms with Crippen LogP contribution in [0.2, 0.25) is 19.6 Å². The van der Waals surface area contributed by atoms with Crippen LogP contribution in [0, 0.1) is 0 Å². The maximum absolute atomic E-state index is 13.7. The molecule has 2 heterocycles. The first-order valence-corrected chi connectivity index (χ1v) is 15.0. The molecule has 1 aromatic heterocycles. The molecule has 1 aliphatic rings. The van der Waals surface area contributed by atoms with Crippen LogP contribution in [0.25, 0.3) is 0 Å². The Morgan fingerprint density at radius 2 is 1.79 bits per heavy atom. The van der Waals surface area contributed by atoms with Crippen molar-refractivity contribution >= 4 is 25.0 Å². The van der Waals surface area contributed by atoms with Gasteiger partial charge in [-0.25, -0.2) is 0 Å². The van der Waals surface area contributed by atoms with E-state index in [-0.39, 0.29) is 23.7 Å². The predicted octanol–water partition coefficient (Wildman–Crippen LogP) is 3.48. The van der Waals surface area contributed by atoms with Gasteiger partial charge in [-0.1, -0.05) is 55.2 Å². The van der Waals surface area contributed by atoms with Crippen molar-refractivity contribution < 1.29 is 14.3 Å². The summed E-state index contributed by atoms with van der Waals surface area (Å²) in [7, 11) is 0.187. The fourth-order valence-corrected chi connectivity index (χ4v) is 5.59. The number of ether oxygens (including phenoxy) is 1. The summed E-state index contributed by atoms with van der Waals surface area (Å²) >= 11 is 0. The van der Waals surface area contributed by atoms with E-state index in [1.807, 2.05) is 30.3 Å². The molecule has 4 rings (SSSR count). The van der Waals surface area contributed by atoms with E-state index in [9.17, 15) is 14.4 Å². The first kappa shape index (κ1) is 23.7. The van der Waals surface area contributed by atoms with Crippen molar-refractivity contribution in [2.24, 2.45) is 0 Å². The zero-order chi connectivity index (χ0) is 24.5. The Bertz CT molecular complexity index is 1250. The Balaban J connectivity index is 1.68. The van der Waals surface area contributed by atoms with E-state index in [1.165, 1.54) is 23.5 Å². The molecule has 0 spiro atoms. The minimum atomic E-state index is -1.43. The van der Waals surface area contributed by atoms with E-state index < -0.39 is 14.1 Å². The molecule has 0 fully saturated rings. The molecule has 0 bridgehead atoms. The molecule has 1 N–H and O–H groups in total. The molecule has 0 aliphatic carbocycles. The average Bonchev–Trinajstić information content (AvgIpc) is 2.82. The molecule has 7 heteroatoms. The van der Waals surface area contributed by atoms with E-state index in [0.717, 1.165) is 22.4 Å². The zero-order valence-corrected chi connectivity index (χ0v) is 21.1. The van der Waals surface area contributed by atoms with Gasteiger partial charge in [-0.15, -0.1) is 0 Å². The number of rotatable bonds is 6. The minimum Gasteiger partial charge on any atom is -0.497 e. The van der Waals surface area contributed by atoms with Crippen molar-refractivity contribution in [3.63, 3.8) is 0 Å². The van der Waals surface area contributed by atoms with Gasteiger partial charge in [0.15, 0.2) is 5.78 Å². The second-order valence-electron chi connectivity index (χ2n) is 9.75. The molecule has 3 aromatic rings. The summed E-state index contributed by atoms with van der Waals surface area (Å²) in [6.45, 7) is 7.28. The lowest BCUT2D eigenvalue weighted by atomic mass is 9.87. The number of pyridine rings is 1. The van der Waals surface area contributed by atoms with Gasteiger partial charge in [0.1, 0.15) is 11.8 Å². The number of H-pyrrole nitrogens is 1. The van der Waals surface area contributed by atoms with Crippen molar-refractivity contribution in [3.8, 4) is 5.75 Å². The summed E-state index contributed by atoms with van der Waals surface area (Å²) in [5.74, 6) is 0.419. The normalized spacial score (nSPS) is 15.5. The number of aromatic nitrogens is 1. The maximum atomic E-state index is 13.7. The highest BCUT2D eigenvalue weighted by atomic mass is 28.3. The predicted molar refractivity (Wildman–Crippen MR) is 136 cm³/mol. The Morgan fingerprint density at radius 3 is 2.41 bits per heavy atom. The molecule has 1 amide bonds. The molecule has 0 saturated carbocycles. The Hall–Kier alpha value is -3.45. The van der Waals surface area contributed by atoms with Crippen LogP contribution in [0.15, 0.2) is 65.6 Å². The molecular weight excluding hydrogens is 444 g/mol. The number of hydrogen-bond acceptors (Lipinski definition) is 4. The summed E-state index contributed by atoms with van der Waals surface area (Å²) < 4.78 is 5.37. The summed E-state index contributed by atoms with van der Waals surface area (Å²) in [5.41, 5.74) is 2.85. The number of ketones is 1. The number of methoxy groups -OCH3 is 1. The van der Waals surface area contributed by atoms with Gasteiger partial charge >= 0.3 is 0 Å². The largest absolute Gasteiger partial charge is 0.497 e. The van der Waals surface area contributed by atoms with Crippen LogP contribution in [0.4, 0.5) is 0 Å². The van der Waals surface area contributed by atoms with Crippen molar-refractivity contribution in [2.45, 2.75) is 38.5 Å². The molecule has 1 unspecified atom stereocenters. The fourth-order valence-electron chi connectivity index (χ4n) is 4.43. The summed E-state index contributed by atoms with van der Waals surface area (Å²) in [4.78, 5) is 42.7. The third kappa shape index (κ3) is 4.89. The van der Waals surface area contributed by atoms with Crippen LogP contribution >= 0.6 is 0 Å². The van der Waals surface area contributed by atoms with Crippen molar-refractivity contribution in [1.29, 1.82) is 0 Å². The Labute approximate surface area is 200 Å². The molecular formula is C27H30N2O4Si. The zero-order valence-electron chi connectivity index (χ0n) is 20.1. The van der Waals surface area contributed by atoms with E-state index in [0.29, 0.717) is 18.5 Å². The van der Waals surface area contributed by atoms with Gasteiger partial charge in [0.05, 0.1) is 20.7 Å². The molecule has 2 aromatic carbocycles. The van der Waals surface area contributed by atoms with E-state index in [2.05, 4.69) is 36.8 Å². The maximum Gasteiger partial charge on any atom is 0.256 e. The summed E-state index contributed by atoms with van der Waals surface area (Å²) in [6.07, 6.45) is 2.26. The number of Topliss-reactive ketones (excluding diaryl/α,β-unsaturated/α-hetero) is 1. The number of hydrogen-bond donors (Lipinski definition) is 1. The first-order chi connectivity index (χ1) is 16.2. The van der Waals surface area contributed by atoms with E-state index in [1.54, 1.807) is 12.0 Å². The fraction of sp³-hybridized carbons (Fsp3) is 0.296. The molecule has 176 valence electrons. The van der Waals surface area contributed by atoms with E-state index >= 15 is 0 Å². The van der Waals surface area contributed by atoms with Crippen molar-refractivity contribution in [1.82, 2.24) is 9.88 Å². The average molecular weight is 475 g/mol. The summed E-state index contributed by atoms with van der Waals surface area (Å²) in [5, 5.41) is 1.34. The second kappa shape index (κ2) is 9.42. The smallest absolute Gasteiger partial charge is 0.256 e. The number of carbonyl (C=O) groups is 2. The monoisotopic (exact) mass is 474 g/mol. The standard InChI is InChI=1S/C27H30N2O4Si/c1-33-21-8-11-23-19(16-21)13-14-29(27(32)20-7-12-25(31)28-17-20)26(23)24(30)15-18-5-9-22(10-6-18)34(2,3)4/h5-12,16-17,26H,13-15H2,1-4H3,(H,28,31). The lowest BCUT2D eigenvalue weighted by Gasteiger charge is -2.36. The van der Waals surface area contributed by atoms with Gasteiger partial charge in [-0.3, -0.25) is 14.4 Å². The topological polar surface area (TPSA) is 79.5 Å².